The molecule has 47 heavy (non-hydrogen) atoms. The molecule has 0 aromatic rings. The van der Waals surface area contributed by atoms with Gasteiger partial charge in [-0.25, -0.2) is 4.79 Å². The van der Waals surface area contributed by atoms with Gasteiger partial charge in [0.15, 0.2) is 0 Å². The summed E-state index contributed by atoms with van der Waals surface area (Å²) in [5.74, 6) is -2.61. The van der Waals surface area contributed by atoms with Crippen LogP contribution in [-0.4, -0.2) is 38.3 Å². The van der Waals surface area contributed by atoms with E-state index in [1.165, 1.54) is 135 Å². The largest absolute Gasteiger partial charge is 0.479 e. The second kappa shape index (κ2) is 28.9. The number of hydrogen-bond donors (Lipinski definition) is 3. The SMILES string of the molecule is CCCCCCCCCCCCCCCCC(O)(C(=O)O)C(=O)C1(O)CCCCCCC1CCCCCCCCCCCCCCC. The molecule has 5 nitrogen and oxygen atoms in total. The number of rotatable bonds is 32. The number of carboxylic acids is 1. The molecule has 0 amide bonds. The minimum absolute atomic E-state index is 0.104. The highest BCUT2D eigenvalue weighted by Crippen LogP contribution is 2.39. The lowest BCUT2D eigenvalue weighted by Crippen LogP contribution is -2.60. The fourth-order valence-electron chi connectivity index (χ4n) is 7.92. The highest BCUT2D eigenvalue weighted by Gasteiger charge is 2.55. The summed E-state index contributed by atoms with van der Waals surface area (Å²) in [4.78, 5) is 26.3. The van der Waals surface area contributed by atoms with Gasteiger partial charge >= 0.3 is 5.97 Å². The topological polar surface area (TPSA) is 94.8 Å². The van der Waals surface area contributed by atoms with Gasteiger partial charge in [-0.15, -0.1) is 0 Å². The van der Waals surface area contributed by atoms with E-state index in [1.54, 1.807) is 0 Å². The van der Waals surface area contributed by atoms with Crippen LogP contribution in [0.3, 0.4) is 0 Å². The van der Waals surface area contributed by atoms with Gasteiger partial charge < -0.3 is 15.3 Å². The third-order valence-electron chi connectivity index (χ3n) is 11.2. The van der Waals surface area contributed by atoms with Crippen LogP contribution in [-0.2, 0) is 9.59 Å². The zero-order valence-electron chi connectivity index (χ0n) is 31.5. The van der Waals surface area contributed by atoms with Crippen LogP contribution in [0.2, 0.25) is 0 Å². The number of aliphatic carboxylic acids is 1. The number of unbranched alkanes of at least 4 members (excludes halogenated alkanes) is 25. The predicted octanol–water partition coefficient (Wildman–Crippen LogP) is 12.4. The Morgan fingerprint density at radius 1 is 0.553 bits per heavy atom. The van der Waals surface area contributed by atoms with Gasteiger partial charge in [0, 0.05) is 0 Å². The Kier molecular flexibility index (Phi) is 27.1. The van der Waals surface area contributed by atoms with Crippen molar-refractivity contribution < 1.29 is 24.9 Å². The van der Waals surface area contributed by atoms with E-state index in [9.17, 15) is 24.9 Å². The maximum Gasteiger partial charge on any atom is 0.343 e. The highest BCUT2D eigenvalue weighted by atomic mass is 16.4. The lowest BCUT2D eigenvalue weighted by molar-refractivity contribution is -0.180. The summed E-state index contributed by atoms with van der Waals surface area (Å²) in [5, 5.41) is 33.3. The first-order valence-corrected chi connectivity index (χ1v) is 21.1. The summed E-state index contributed by atoms with van der Waals surface area (Å²) in [6.07, 6.45) is 38.4. The Morgan fingerprint density at radius 2 is 0.915 bits per heavy atom. The Bertz CT molecular complexity index is 753. The summed E-state index contributed by atoms with van der Waals surface area (Å²) in [5.41, 5.74) is -4.25. The Balaban J connectivity index is 2.42. The molecular formula is C42H80O5. The highest BCUT2D eigenvalue weighted by molar-refractivity contribution is 6.10. The van der Waals surface area contributed by atoms with E-state index in [4.69, 9.17) is 0 Å². The minimum atomic E-state index is -2.50. The van der Waals surface area contributed by atoms with Crippen LogP contribution in [0.5, 0.6) is 0 Å². The molecule has 3 unspecified atom stereocenters. The van der Waals surface area contributed by atoms with E-state index >= 15 is 0 Å². The van der Waals surface area contributed by atoms with Gasteiger partial charge in [-0.3, -0.25) is 4.79 Å². The number of hydrogen-bond acceptors (Lipinski definition) is 4. The van der Waals surface area contributed by atoms with Crippen molar-refractivity contribution in [1.29, 1.82) is 0 Å². The smallest absolute Gasteiger partial charge is 0.343 e. The van der Waals surface area contributed by atoms with E-state index in [0.717, 1.165) is 64.2 Å². The molecule has 0 aromatic carbocycles. The third-order valence-corrected chi connectivity index (χ3v) is 11.2. The molecule has 0 aromatic heterocycles. The molecular weight excluding hydrogens is 584 g/mol. The Morgan fingerprint density at radius 3 is 1.32 bits per heavy atom. The minimum Gasteiger partial charge on any atom is -0.479 e. The lowest BCUT2D eigenvalue weighted by Gasteiger charge is -2.40. The third kappa shape index (κ3) is 19.7. The standard InChI is InChI=1S/C42H80O5/c1-3-5-7-9-11-13-15-17-19-21-23-25-28-33-37-42(47,40(44)45)39(43)41(46)36-32-29-27-31-35-38(41)34-30-26-24-22-20-18-16-14-12-10-8-6-4-2/h38,46-47H,3-37H2,1-2H3,(H,44,45). The molecule has 0 saturated heterocycles. The van der Waals surface area contributed by atoms with Gasteiger partial charge in [-0.1, -0.05) is 206 Å². The molecule has 3 N–H and O–H groups in total. The first kappa shape index (κ1) is 44.1. The van der Waals surface area contributed by atoms with Crippen LogP contribution >= 0.6 is 0 Å². The molecule has 1 rings (SSSR count). The maximum absolute atomic E-state index is 13.9. The Hall–Kier alpha value is -0.940. The molecule has 1 aliphatic rings. The molecule has 1 fully saturated rings. The number of aliphatic hydroxyl groups is 2. The number of Topliss-reactive ketones (excluding diaryl/α,β-unsaturated/α-hetero) is 1. The zero-order valence-corrected chi connectivity index (χ0v) is 31.5. The molecule has 278 valence electrons. The van der Waals surface area contributed by atoms with E-state index in [0.29, 0.717) is 12.8 Å². The molecule has 5 heteroatoms. The van der Waals surface area contributed by atoms with Gasteiger partial charge in [0.05, 0.1) is 0 Å². The number of ketones is 1. The van der Waals surface area contributed by atoms with Crippen molar-refractivity contribution in [2.24, 2.45) is 5.92 Å². The van der Waals surface area contributed by atoms with Crippen LogP contribution in [0.15, 0.2) is 0 Å². The van der Waals surface area contributed by atoms with Crippen molar-refractivity contribution in [3.63, 3.8) is 0 Å². The van der Waals surface area contributed by atoms with Crippen LogP contribution < -0.4 is 0 Å². The average molecular weight is 665 g/mol. The van der Waals surface area contributed by atoms with Crippen LogP contribution in [0.4, 0.5) is 0 Å². The molecule has 1 aliphatic carbocycles. The number of carboxylic acid groups (broad SMARTS) is 1. The fourth-order valence-corrected chi connectivity index (χ4v) is 7.92. The molecule has 1 saturated carbocycles. The van der Waals surface area contributed by atoms with Crippen molar-refractivity contribution >= 4 is 11.8 Å². The molecule has 0 radical (unpaired) electrons. The summed E-state index contributed by atoms with van der Waals surface area (Å²) in [7, 11) is 0. The molecule has 0 heterocycles. The molecule has 0 spiro atoms. The quantitative estimate of drug-likeness (QED) is 0.0491. The van der Waals surface area contributed by atoms with Crippen LogP contribution in [0, 0.1) is 5.92 Å². The first-order chi connectivity index (χ1) is 22.8. The maximum atomic E-state index is 13.9. The average Bonchev–Trinajstić information content (AvgIpc) is 3.05. The molecule has 0 bridgehead atoms. The lowest BCUT2D eigenvalue weighted by atomic mass is 9.68. The zero-order chi connectivity index (χ0) is 34.5. The summed E-state index contributed by atoms with van der Waals surface area (Å²) >= 11 is 0. The number of carbonyl (C=O) groups excluding carboxylic acids is 1. The van der Waals surface area contributed by atoms with Crippen molar-refractivity contribution in [2.75, 3.05) is 0 Å². The summed E-state index contributed by atoms with van der Waals surface area (Å²) < 4.78 is 0. The van der Waals surface area contributed by atoms with E-state index in [1.807, 2.05) is 0 Å². The summed E-state index contributed by atoms with van der Waals surface area (Å²) in [6, 6.07) is 0. The second-order valence-electron chi connectivity index (χ2n) is 15.4. The van der Waals surface area contributed by atoms with Crippen molar-refractivity contribution in [3.05, 3.63) is 0 Å². The molecule has 0 aliphatic heterocycles. The normalized spacial score (nSPS) is 20.0. The monoisotopic (exact) mass is 665 g/mol. The van der Waals surface area contributed by atoms with Gasteiger partial charge in [-0.2, -0.15) is 0 Å². The predicted molar refractivity (Wildman–Crippen MR) is 199 cm³/mol. The van der Waals surface area contributed by atoms with Gasteiger partial charge in [0.25, 0.3) is 0 Å². The first-order valence-electron chi connectivity index (χ1n) is 21.1. The Labute approximate surface area is 291 Å². The van der Waals surface area contributed by atoms with E-state index in [-0.39, 0.29) is 18.8 Å². The van der Waals surface area contributed by atoms with Crippen molar-refractivity contribution in [3.8, 4) is 0 Å². The van der Waals surface area contributed by atoms with Gasteiger partial charge in [0.1, 0.15) is 5.60 Å². The van der Waals surface area contributed by atoms with Gasteiger partial charge in [-0.05, 0) is 38.0 Å². The van der Waals surface area contributed by atoms with Crippen molar-refractivity contribution in [2.45, 2.75) is 250 Å². The van der Waals surface area contributed by atoms with Crippen LogP contribution in [0.25, 0.3) is 0 Å². The van der Waals surface area contributed by atoms with E-state index in [2.05, 4.69) is 13.8 Å². The van der Waals surface area contributed by atoms with E-state index < -0.39 is 23.0 Å². The summed E-state index contributed by atoms with van der Waals surface area (Å²) in [6.45, 7) is 4.52. The number of carbonyl (C=O) groups is 2. The fraction of sp³-hybridized carbons (Fsp3) is 0.952. The molecule has 3 atom stereocenters. The van der Waals surface area contributed by atoms with Crippen molar-refractivity contribution in [1.82, 2.24) is 0 Å². The second-order valence-corrected chi connectivity index (χ2v) is 15.4. The van der Waals surface area contributed by atoms with Crippen LogP contribution in [0.1, 0.15) is 239 Å². The van der Waals surface area contributed by atoms with Gasteiger partial charge in [0.2, 0.25) is 11.4 Å².